The number of aromatic hydroxyl groups is 1. The van der Waals surface area contributed by atoms with Crippen LogP contribution in [0.3, 0.4) is 0 Å². The molecule has 8 heteroatoms. The number of hydrogen-bond acceptors (Lipinski definition) is 5. The normalized spacial score (nSPS) is 8.40. The fourth-order valence-electron chi connectivity index (χ4n) is 0.654. The van der Waals surface area contributed by atoms with Gasteiger partial charge in [-0.3, -0.25) is 0 Å². The zero-order valence-corrected chi connectivity index (χ0v) is 11.7. The zero-order chi connectivity index (χ0) is 11.1. The third-order valence-corrected chi connectivity index (χ3v) is 1.13. The van der Waals surface area contributed by atoms with Crippen LogP contribution in [0.1, 0.15) is 10.4 Å². The molecule has 0 aliphatic rings. The van der Waals surface area contributed by atoms with Crippen LogP contribution in [-0.2, 0) is 19.4 Å². The number of carboxylic acid groups (broad SMARTS) is 1. The molecule has 0 fully saturated rings. The van der Waals surface area contributed by atoms with Gasteiger partial charge in [-0.1, -0.05) is 12.1 Å². The van der Waals surface area contributed by atoms with E-state index in [1.54, 1.807) is 12.1 Å². The molecule has 0 heterocycles. The fraction of sp³-hybridized carbons (Fsp3) is 0. The van der Waals surface area contributed by atoms with E-state index in [2.05, 4.69) is 0 Å². The molecule has 0 spiro atoms. The summed E-state index contributed by atoms with van der Waals surface area (Å²) in [4.78, 5) is 10.3. The molecule has 0 saturated heterocycles. The molecule has 0 aliphatic carbocycles. The van der Waals surface area contributed by atoms with Crippen molar-refractivity contribution in [1.82, 2.24) is 0 Å². The van der Waals surface area contributed by atoms with E-state index in [-0.39, 0.29) is 62.7 Å². The molecule has 6 nitrogen and oxygen atoms in total. The van der Waals surface area contributed by atoms with E-state index >= 15 is 0 Å². The first-order valence-corrected chi connectivity index (χ1v) is 4.28. The molecule has 0 unspecified atom stereocenters. The number of aromatic carboxylic acids is 1. The van der Waals surface area contributed by atoms with Gasteiger partial charge in [0.25, 0.3) is 0 Å². The van der Waals surface area contributed by atoms with Gasteiger partial charge in [-0.2, -0.15) is 0 Å². The van der Waals surface area contributed by atoms with Crippen molar-refractivity contribution in [3.63, 3.8) is 0 Å². The van der Waals surface area contributed by atoms with Gasteiger partial charge in [0.2, 0.25) is 0 Å². The largest absolute Gasteiger partial charge is 1.00 e. The van der Waals surface area contributed by atoms with Crippen LogP contribution in [0.5, 0.6) is 5.75 Å². The third-order valence-electron chi connectivity index (χ3n) is 1.13. The van der Waals surface area contributed by atoms with Gasteiger partial charge in [-0.15, -0.1) is 0 Å². The van der Waals surface area contributed by atoms with Crippen molar-refractivity contribution in [2.45, 2.75) is 0 Å². The van der Waals surface area contributed by atoms with Gasteiger partial charge in [0.05, 0.1) is 0 Å². The first-order chi connectivity index (χ1) is 6.45. The summed E-state index contributed by atoms with van der Waals surface area (Å²) in [5.74, 6) is -1.31. The molecule has 0 amide bonds. The Morgan fingerprint density at radius 2 is 1.60 bits per heavy atom. The second-order valence-electron chi connectivity index (χ2n) is 2.04. The van der Waals surface area contributed by atoms with Gasteiger partial charge >= 0.3 is 57.4 Å². The van der Waals surface area contributed by atoms with Crippen LogP contribution in [0.2, 0.25) is 0 Å². The number of hydrogen-bond donors (Lipinski definition) is 3. The van der Waals surface area contributed by atoms with E-state index in [9.17, 15) is 4.79 Å². The van der Waals surface area contributed by atoms with Gasteiger partial charge < -0.3 is 23.2 Å². The van der Waals surface area contributed by atoms with E-state index in [0.29, 0.717) is 0 Å². The maximum absolute atomic E-state index is 10.3. The van der Waals surface area contributed by atoms with E-state index in [4.69, 9.17) is 23.2 Å². The molecule has 3 N–H and O–H groups in total. The summed E-state index contributed by atoms with van der Waals surface area (Å²) in [6.07, 6.45) is 0. The summed E-state index contributed by atoms with van der Waals surface area (Å²) in [6, 6.07) is 5.81. The minimum atomic E-state index is -2.86. The topological polar surface area (TPSA) is 112 Å². The van der Waals surface area contributed by atoms with Crippen LogP contribution in [-0.4, -0.2) is 20.7 Å². The molecule has 0 atom stereocenters. The molecule has 15 heavy (non-hydrogen) atoms. The summed E-state index contributed by atoms with van der Waals surface area (Å²) in [5.41, 5.74) is -0.0671. The number of benzene rings is 1. The standard InChI is InChI=1S/C7H6O3.K.HO3S/c8-6-4-2-1-3-5(6)7(9)10;;1-4(2)3/h1-4,8H,(H,9,10);;(H,1,2,3)/q;+1;-1. The first kappa shape index (κ1) is 17.4. The summed E-state index contributed by atoms with van der Waals surface area (Å²) >= 11 is 0. The molecule has 0 saturated carbocycles. The van der Waals surface area contributed by atoms with Crippen LogP contribution in [0, 0.1) is 0 Å². The molecule has 1 aromatic carbocycles. The monoisotopic (exact) mass is 258 g/mol. The number of para-hydroxylation sites is 1. The molecular formula is C7H7KO6S. The summed E-state index contributed by atoms with van der Waals surface area (Å²) in [5, 5.41) is 17.3. The van der Waals surface area contributed by atoms with Crippen LogP contribution in [0.15, 0.2) is 24.3 Å². The van der Waals surface area contributed by atoms with Gasteiger partial charge in [-0.25, -0.2) is 4.79 Å². The van der Waals surface area contributed by atoms with E-state index < -0.39 is 17.0 Å². The van der Waals surface area contributed by atoms with Crippen molar-refractivity contribution in [2.75, 3.05) is 0 Å². The smallest absolute Gasteiger partial charge is 0.507 e. The van der Waals surface area contributed by atoms with Crippen LogP contribution in [0.25, 0.3) is 0 Å². The van der Waals surface area contributed by atoms with Crippen molar-refractivity contribution in [3.05, 3.63) is 29.8 Å². The predicted octanol–water partition coefficient (Wildman–Crippen LogP) is -2.14. The van der Waals surface area contributed by atoms with Crippen molar-refractivity contribution in [3.8, 4) is 5.75 Å². The molecule has 0 aliphatic heterocycles. The van der Waals surface area contributed by atoms with E-state index in [1.807, 2.05) is 0 Å². The maximum Gasteiger partial charge on any atom is 1.00 e. The van der Waals surface area contributed by atoms with Crippen molar-refractivity contribution in [2.24, 2.45) is 0 Å². The Balaban J connectivity index is 0. The van der Waals surface area contributed by atoms with Crippen molar-refractivity contribution < 1.29 is 79.4 Å². The Labute approximate surface area is 130 Å². The average Bonchev–Trinajstić information content (AvgIpc) is 2.03. The SMILES string of the molecule is O=C(O)c1ccccc1O.O=[S-](=O)O.[K+]. The fourth-order valence-corrected chi connectivity index (χ4v) is 0.654. The van der Waals surface area contributed by atoms with E-state index in [1.165, 1.54) is 12.1 Å². The minimum Gasteiger partial charge on any atom is -0.507 e. The molecule has 1 rings (SSSR count). The summed E-state index contributed by atoms with van der Waals surface area (Å²) < 4.78 is 24.1. The van der Waals surface area contributed by atoms with Gasteiger partial charge in [0.15, 0.2) is 0 Å². The molecule has 0 radical (unpaired) electrons. The Morgan fingerprint density at radius 1 is 1.20 bits per heavy atom. The second-order valence-corrected chi connectivity index (χ2v) is 2.47. The van der Waals surface area contributed by atoms with Crippen molar-refractivity contribution in [1.29, 1.82) is 0 Å². The molecule has 78 valence electrons. The molecule has 0 bridgehead atoms. The maximum atomic E-state index is 10.3. The van der Waals surface area contributed by atoms with Gasteiger partial charge in [-0.05, 0) is 12.1 Å². The molecular weight excluding hydrogens is 251 g/mol. The molecule has 0 aromatic heterocycles. The van der Waals surface area contributed by atoms with E-state index in [0.717, 1.165) is 0 Å². The van der Waals surface area contributed by atoms with Crippen LogP contribution in [0.4, 0.5) is 0 Å². The van der Waals surface area contributed by atoms with Gasteiger partial charge in [0, 0.05) is 11.0 Å². The Morgan fingerprint density at radius 3 is 1.87 bits per heavy atom. The summed E-state index contributed by atoms with van der Waals surface area (Å²) in [6.45, 7) is 0. The Hall–Kier alpha value is 0.0364. The number of carbonyl (C=O) groups is 1. The third kappa shape index (κ3) is 8.99. The van der Waals surface area contributed by atoms with Crippen LogP contribution >= 0.6 is 0 Å². The molecule has 1 aromatic rings. The van der Waals surface area contributed by atoms with Crippen molar-refractivity contribution >= 4 is 17.0 Å². The summed E-state index contributed by atoms with van der Waals surface area (Å²) in [7, 11) is -2.86. The second kappa shape index (κ2) is 9.28. The van der Waals surface area contributed by atoms with Crippen LogP contribution < -0.4 is 51.4 Å². The average molecular weight is 258 g/mol. The number of rotatable bonds is 1. The first-order valence-electron chi connectivity index (χ1n) is 3.24. The zero-order valence-electron chi connectivity index (χ0n) is 7.78. The van der Waals surface area contributed by atoms with Gasteiger partial charge in [0.1, 0.15) is 11.3 Å². The number of phenols is 1. The number of carboxylic acids is 1. The predicted molar refractivity (Wildman–Crippen MR) is 46.4 cm³/mol. The Kier molecular flexibility index (Phi) is 10.8. The Bertz CT molecular complexity index is 381. The quantitative estimate of drug-likeness (QED) is 0.229. The minimum absolute atomic E-state index is 0.